The molecule has 0 aliphatic rings. The maximum Gasteiger partial charge on any atom is 0.346 e. The van der Waals surface area contributed by atoms with E-state index >= 15 is 0 Å². The summed E-state index contributed by atoms with van der Waals surface area (Å²) in [6.07, 6.45) is 1.19. The molecular formula is C10H7ClN2O4S. The zero-order chi connectivity index (χ0) is 13.3. The van der Waals surface area contributed by atoms with Crippen LogP contribution in [0.2, 0.25) is 5.02 Å². The van der Waals surface area contributed by atoms with Gasteiger partial charge in [0.1, 0.15) is 9.90 Å². The van der Waals surface area contributed by atoms with Crippen LogP contribution in [0.3, 0.4) is 0 Å². The molecule has 8 heteroatoms. The lowest BCUT2D eigenvalue weighted by atomic mass is 10.2. The molecule has 0 saturated heterocycles. The van der Waals surface area contributed by atoms with Gasteiger partial charge in [0.2, 0.25) is 0 Å². The summed E-state index contributed by atoms with van der Waals surface area (Å²) < 4.78 is 1.15. The fourth-order valence-corrected chi connectivity index (χ4v) is 2.35. The topological polar surface area (TPSA) is 92.2 Å². The Bertz CT molecular complexity index is 715. The van der Waals surface area contributed by atoms with Gasteiger partial charge in [-0.3, -0.25) is 14.3 Å². The minimum atomic E-state index is -1.05. The van der Waals surface area contributed by atoms with Gasteiger partial charge < -0.3 is 5.11 Å². The van der Waals surface area contributed by atoms with E-state index in [0.717, 1.165) is 15.9 Å². The van der Waals surface area contributed by atoms with Gasteiger partial charge in [0.15, 0.2) is 0 Å². The number of nitrogens with one attached hydrogen (secondary N) is 1. The van der Waals surface area contributed by atoms with Gasteiger partial charge >= 0.3 is 11.7 Å². The number of aromatic carboxylic acids is 1. The highest BCUT2D eigenvalue weighted by molar-refractivity contribution is 7.12. The van der Waals surface area contributed by atoms with E-state index < -0.39 is 17.2 Å². The van der Waals surface area contributed by atoms with Crippen molar-refractivity contribution in [3.05, 3.63) is 53.9 Å². The molecule has 0 saturated carbocycles. The molecule has 2 N–H and O–H groups in total. The average Bonchev–Trinajstić information content (AvgIpc) is 2.74. The number of aromatic nitrogens is 2. The van der Waals surface area contributed by atoms with Crippen LogP contribution in [-0.4, -0.2) is 20.6 Å². The van der Waals surface area contributed by atoms with Gasteiger partial charge in [0.25, 0.3) is 5.56 Å². The fourth-order valence-electron chi connectivity index (χ4n) is 1.43. The highest BCUT2D eigenvalue weighted by atomic mass is 35.5. The first-order chi connectivity index (χ1) is 8.49. The molecule has 0 bridgehead atoms. The van der Waals surface area contributed by atoms with E-state index in [1.807, 2.05) is 4.98 Å². The van der Waals surface area contributed by atoms with Crippen LogP contribution in [0.25, 0.3) is 0 Å². The van der Waals surface area contributed by atoms with Crippen LogP contribution in [0.15, 0.2) is 27.2 Å². The third kappa shape index (κ3) is 2.36. The van der Waals surface area contributed by atoms with Gasteiger partial charge in [-0.15, -0.1) is 11.3 Å². The van der Waals surface area contributed by atoms with E-state index in [1.165, 1.54) is 6.20 Å². The molecule has 94 valence electrons. The van der Waals surface area contributed by atoms with E-state index in [9.17, 15) is 14.4 Å². The Morgan fingerprint density at radius 3 is 2.89 bits per heavy atom. The Balaban J connectivity index is 2.43. The minimum Gasteiger partial charge on any atom is -0.477 e. The number of hydrogen-bond acceptors (Lipinski definition) is 4. The van der Waals surface area contributed by atoms with Gasteiger partial charge in [-0.05, 0) is 17.0 Å². The van der Waals surface area contributed by atoms with E-state index in [1.54, 1.807) is 11.4 Å². The van der Waals surface area contributed by atoms with Crippen LogP contribution < -0.4 is 11.2 Å². The standard InChI is InChI=1S/C10H7ClN2O4S/c11-6-4-13(10(17)12-8(6)14)3-5-1-2-18-7(5)9(15)16/h1-2,4H,3H2,(H,15,16)(H,12,14,17). The molecule has 2 aromatic rings. The van der Waals surface area contributed by atoms with Crippen LogP contribution in [0.4, 0.5) is 0 Å². The first-order valence-electron chi connectivity index (χ1n) is 4.78. The summed E-state index contributed by atoms with van der Waals surface area (Å²) in [5, 5.41) is 10.4. The van der Waals surface area contributed by atoms with Crippen LogP contribution in [0.5, 0.6) is 0 Å². The van der Waals surface area contributed by atoms with E-state index in [2.05, 4.69) is 0 Å². The lowest BCUT2D eigenvalue weighted by Crippen LogP contribution is -2.30. The van der Waals surface area contributed by atoms with Gasteiger partial charge in [-0.1, -0.05) is 11.6 Å². The second-order valence-electron chi connectivity index (χ2n) is 3.44. The Morgan fingerprint density at radius 2 is 2.22 bits per heavy atom. The molecule has 0 fully saturated rings. The van der Waals surface area contributed by atoms with Crippen LogP contribution in [0, 0.1) is 0 Å². The second-order valence-corrected chi connectivity index (χ2v) is 4.77. The molecule has 2 aromatic heterocycles. The van der Waals surface area contributed by atoms with Crippen molar-refractivity contribution in [2.45, 2.75) is 6.54 Å². The van der Waals surface area contributed by atoms with Gasteiger partial charge in [0.05, 0.1) is 6.54 Å². The van der Waals surface area contributed by atoms with Crippen molar-refractivity contribution in [1.29, 1.82) is 0 Å². The third-order valence-electron chi connectivity index (χ3n) is 2.25. The molecule has 18 heavy (non-hydrogen) atoms. The lowest BCUT2D eigenvalue weighted by molar-refractivity contribution is 0.0701. The number of halogens is 1. The monoisotopic (exact) mass is 286 g/mol. The number of hydrogen-bond donors (Lipinski definition) is 2. The van der Waals surface area contributed by atoms with E-state index in [-0.39, 0.29) is 16.4 Å². The number of H-pyrrole nitrogens is 1. The molecule has 0 aliphatic heterocycles. The predicted octanol–water partition coefficient (Wildman–Crippen LogP) is 0.998. The number of aromatic amines is 1. The normalized spacial score (nSPS) is 10.5. The molecule has 0 unspecified atom stereocenters. The number of carboxylic acid groups (broad SMARTS) is 1. The maximum absolute atomic E-state index is 11.5. The van der Waals surface area contributed by atoms with Crippen molar-refractivity contribution in [1.82, 2.24) is 9.55 Å². The lowest BCUT2D eigenvalue weighted by Gasteiger charge is -2.04. The highest BCUT2D eigenvalue weighted by Crippen LogP contribution is 2.17. The first-order valence-corrected chi connectivity index (χ1v) is 6.03. The summed E-state index contributed by atoms with van der Waals surface area (Å²) in [6, 6.07) is 1.61. The zero-order valence-corrected chi connectivity index (χ0v) is 10.4. The number of carbonyl (C=O) groups is 1. The Kier molecular flexibility index (Phi) is 3.35. The van der Waals surface area contributed by atoms with Crippen molar-refractivity contribution >= 4 is 28.9 Å². The van der Waals surface area contributed by atoms with E-state index in [0.29, 0.717) is 5.56 Å². The van der Waals surface area contributed by atoms with Crippen molar-refractivity contribution < 1.29 is 9.90 Å². The molecule has 0 aliphatic carbocycles. The number of nitrogens with zero attached hydrogens (tertiary/aromatic N) is 1. The highest BCUT2D eigenvalue weighted by Gasteiger charge is 2.13. The maximum atomic E-state index is 11.5. The number of carboxylic acids is 1. The van der Waals surface area contributed by atoms with Gasteiger partial charge in [0, 0.05) is 6.20 Å². The molecule has 0 amide bonds. The number of rotatable bonds is 3. The summed E-state index contributed by atoms with van der Waals surface area (Å²) in [4.78, 5) is 35.7. The summed E-state index contributed by atoms with van der Waals surface area (Å²) in [5.41, 5.74) is -0.814. The Hall–Kier alpha value is -1.86. The quantitative estimate of drug-likeness (QED) is 0.880. The van der Waals surface area contributed by atoms with Crippen molar-refractivity contribution in [2.24, 2.45) is 0 Å². The minimum absolute atomic E-state index is 0.0421. The molecule has 6 nitrogen and oxygen atoms in total. The average molecular weight is 287 g/mol. The summed E-state index contributed by atoms with van der Waals surface area (Å²) in [6.45, 7) is 0.0421. The second kappa shape index (κ2) is 4.79. The summed E-state index contributed by atoms with van der Waals surface area (Å²) in [5.74, 6) is -1.05. The van der Waals surface area contributed by atoms with Crippen molar-refractivity contribution in [2.75, 3.05) is 0 Å². The Morgan fingerprint density at radius 1 is 1.50 bits per heavy atom. The third-order valence-corrected chi connectivity index (χ3v) is 3.46. The van der Waals surface area contributed by atoms with Gasteiger partial charge in [-0.2, -0.15) is 0 Å². The fraction of sp³-hybridized carbons (Fsp3) is 0.100. The van der Waals surface area contributed by atoms with E-state index in [4.69, 9.17) is 16.7 Å². The van der Waals surface area contributed by atoms with Crippen LogP contribution >= 0.6 is 22.9 Å². The molecule has 0 aromatic carbocycles. The van der Waals surface area contributed by atoms with Gasteiger partial charge in [-0.25, -0.2) is 9.59 Å². The van der Waals surface area contributed by atoms with Crippen LogP contribution in [-0.2, 0) is 6.54 Å². The smallest absolute Gasteiger partial charge is 0.346 e. The zero-order valence-electron chi connectivity index (χ0n) is 8.84. The van der Waals surface area contributed by atoms with Crippen LogP contribution in [0.1, 0.15) is 15.2 Å². The molecular weight excluding hydrogens is 280 g/mol. The summed E-state index contributed by atoms with van der Waals surface area (Å²) >= 11 is 6.68. The molecule has 2 heterocycles. The first kappa shape index (κ1) is 12.6. The van der Waals surface area contributed by atoms with Crippen molar-refractivity contribution in [3.8, 4) is 0 Å². The molecule has 0 radical (unpaired) electrons. The molecule has 0 atom stereocenters. The largest absolute Gasteiger partial charge is 0.477 e. The molecule has 0 spiro atoms. The predicted molar refractivity (Wildman–Crippen MR) is 66.7 cm³/mol. The number of thiophene rings is 1. The SMILES string of the molecule is O=C(O)c1sccc1Cn1cc(Cl)c(=O)[nH]c1=O. The Labute approximate surface area is 109 Å². The van der Waals surface area contributed by atoms with Crippen molar-refractivity contribution in [3.63, 3.8) is 0 Å². The molecule has 2 rings (SSSR count). The summed E-state index contributed by atoms with van der Waals surface area (Å²) in [7, 11) is 0.